The van der Waals surface area contributed by atoms with Gasteiger partial charge in [-0.25, -0.2) is 0 Å². The SMILES string of the molecule is COC(=O)CCCC1NCCNC1=O. The molecule has 5 nitrogen and oxygen atoms in total. The Balaban J connectivity index is 2.16. The Morgan fingerprint density at radius 3 is 3.00 bits per heavy atom. The molecule has 1 amide bonds. The van der Waals surface area contributed by atoms with Crippen LogP contribution < -0.4 is 10.6 Å². The van der Waals surface area contributed by atoms with Gasteiger partial charge in [-0.15, -0.1) is 0 Å². The maximum absolute atomic E-state index is 11.2. The Morgan fingerprint density at radius 2 is 2.36 bits per heavy atom. The van der Waals surface area contributed by atoms with Crippen molar-refractivity contribution in [2.24, 2.45) is 0 Å². The van der Waals surface area contributed by atoms with Gasteiger partial charge < -0.3 is 15.4 Å². The van der Waals surface area contributed by atoms with Crippen LogP contribution in [0, 0.1) is 0 Å². The minimum absolute atomic E-state index is 0.0288. The first-order chi connectivity index (χ1) is 6.74. The molecule has 5 heteroatoms. The predicted molar refractivity (Wildman–Crippen MR) is 50.7 cm³/mol. The fourth-order valence-corrected chi connectivity index (χ4v) is 1.43. The van der Waals surface area contributed by atoms with E-state index in [4.69, 9.17) is 0 Å². The van der Waals surface area contributed by atoms with E-state index in [0.717, 1.165) is 6.54 Å². The summed E-state index contributed by atoms with van der Waals surface area (Å²) in [6.07, 6.45) is 1.74. The van der Waals surface area contributed by atoms with E-state index in [2.05, 4.69) is 15.4 Å². The number of carbonyl (C=O) groups is 2. The number of piperazine rings is 1. The molecule has 0 aromatic carbocycles. The van der Waals surface area contributed by atoms with E-state index in [0.29, 0.717) is 25.8 Å². The zero-order valence-electron chi connectivity index (χ0n) is 8.34. The summed E-state index contributed by atoms with van der Waals surface area (Å²) in [5, 5.41) is 5.86. The number of amides is 1. The number of esters is 1. The fourth-order valence-electron chi connectivity index (χ4n) is 1.43. The van der Waals surface area contributed by atoms with Gasteiger partial charge in [-0.3, -0.25) is 9.59 Å². The molecule has 0 aromatic rings. The molecule has 0 bridgehead atoms. The number of nitrogens with one attached hydrogen (secondary N) is 2. The molecule has 1 unspecified atom stereocenters. The highest BCUT2D eigenvalue weighted by atomic mass is 16.5. The number of methoxy groups -OCH3 is 1. The third kappa shape index (κ3) is 3.33. The molecule has 0 saturated carbocycles. The van der Waals surface area contributed by atoms with Gasteiger partial charge in [0.25, 0.3) is 0 Å². The van der Waals surface area contributed by atoms with Crippen molar-refractivity contribution in [1.82, 2.24) is 10.6 Å². The minimum Gasteiger partial charge on any atom is -0.469 e. The summed E-state index contributed by atoms with van der Waals surface area (Å²) in [6.45, 7) is 1.49. The van der Waals surface area contributed by atoms with Gasteiger partial charge in [0, 0.05) is 19.5 Å². The Bertz CT molecular complexity index is 218. The van der Waals surface area contributed by atoms with Gasteiger partial charge in [0.1, 0.15) is 0 Å². The Morgan fingerprint density at radius 1 is 1.57 bits per heavy atom. The summed E-state index contributed by atoms with van der Waals surface area (Å²) in [5.41, 5.74) is 0. The van der Waals surface area contributed by atoms with Crippen LogP contribution in [0.15, 0.2) is 0 Å². The van der Waals surface area contributed by atoms with Gasteiger partial charge in [0.05, 0.1) is 13.2 Å². The van der Waals surface area contributed by atoms with E-state index in [1.165, 1.54) is 7.11 Å². The summed E-state index contributed by atoms with van der Waals surface area (Å²) in [6, 6.07) is -0.145. The number of carbonyl (C=O) groups excluding carboxylic acids is 2. The van der Waals surface area contributed by atoms with Gasteiger partial charge in [-0.05, 0) is 12.8 Å². The zero-order valence-corrected chi connectivity index (χ0v) is 8.34. The van der Waals surface area contributed by atoms with E-state index in [-0.39, 0.29) is 17.9 Å². The molecule has 1 heterocycles. The van der Waals surface area contributed by atoms with E-state index in [1.807, 2.05) is 0 Å². The van der Waals surface area contributed by atoms with Gasteiger partial charge in [-0.2, -0.15) is 0 Å². The lowest BCUT2D eigenvalue weighted by atomic mass is 10.1. The molecule has 1 fully saturated rings. The Hall–Kier alpha value is -1.10. The molecule has 1 atom stereocenters. The topological polar surface area (TPSA) is 67.4 Å². The highest BCUT2D eigenvalue weighted by Crippen LogP contribution is 2.03. The maximum Gasteiger partial charge on any atom is 0.305 e. The molecule has 80 valence electrons. The second-order valence-corrected chi connectivity index (χ2v) is 3.27. The van der Waals surface area contributed by atoms with Crippen molar-refractivity contribution < 1.29 is 14.3 Å². The van der Waals surface area contributed by atoms with Gasteiger partial charge >= 0.3 is 5.97 Å². The third-order valence-corrected chi connectivity index (χ3v) is 2.23. The van der Waals surface area contributed by atoms with Crippen LogP contribution in [-0.4, -0.2) is 38.1 Å². The van der Waals surface area contributed by atoms with Crippen molar-refractivity contribution in [1.29, 1.82) is 0 Å². The van der Waals surface area contributed by atoms with Crippen molar-refractivity contribution in [2.45, 2.75) is 25.3 Å². The molecule has 0 aliphatic carbocycles. The average molecular weight is 200 g/mol. The molecule has 1 aliphatic heterocycles. The standard InChI is InChI=1S/C9H16N2O3/c1-14-8(12)4-2-3-7-9(13)11-6-5-10-7/h7,10H,2-6H2,1H3,(H,11,13). The Labute approximate surface area is 83.2 Å². The molecule has 0 spiro atoms. The zero-order chi connectivity index (χ0) is 10.4. The molecule has 0 aromatic heterocycles. The van der Waals surface area contributed by atoms with Gasteiger partial charge in [-0.1, -0.05) is 0 Å². The highest BCUT2D eigenvalue weighted by molar-refractivity contribution is 5.82. The second-order valence-electron chi connectivity index (χ2n) is 3.27. The van der Waals surface area contributed by atoms with E-state index in [9.17, 15) is 9.59 Å². The quantitative estimate of drug-likeness (QED) is 0.596. The van der Waals surface area contributed by atoms with Crippen LogP contribution in [0.5, 0.6) is 0 Å². The van der Waals surface area contributed by atoms with Crippen molar-refractivity contribution in [2.75, 3.05) is 20.2 Å². The minimum atomic E-state index is -0.221. The maximum atomic E-state index is 11.2. The Kier molecular flexibility index (Phi) is 4.39. The molecule has 2 N–H and O–H groups in total. The first kappa shape index (κ1) is 11.0. The number of rotatable bonds is 4. The molecule has 14 heavy (non-hydrogen) atoms. The summed E-state index contributed by atoms with van der Waals surface area (Å²) < 4.78 is 4.51. The molecular weight excluding hydrogens is 184 g/mol. The number of hydrogen-bond donors (Lipinski definition) is 2. The van der Waals surface area contributed by atoms with Crippen molar-refractivity contribution in [3.63, 3.8) is 0 Å². The smallest absolute Gasteiger partial charge is 0.305 e. The van der Waals surface area contributed by atoms with Crippen molar-refractivity contribution >= 4 is 11.9 Å². The summed E-state index contributed by atoms with van der Waals surface area (Å²) in [5.74, 6) is -0.192. The van der Waals surface area contributed by atoms with Crippen LogP contribution >= 0.6 is 0 Å². The molecule has 1 saturated heterocycles. The summed E-state index contributed by atoms with van der Waals surface area (Å²) >= 11 is 0. The van der Waals surface area contributed by atoms with Crippen LogP contribution in [0.4, 0.5) is 0 Å². The summed E-state index contributed by atoms with van der Waals surface area (Å²) in [7, 11) is 1.37. The molecular formula is C9H16N2O3. The second kappa shape index (κ2) is 5.59. The van der Waals surface area contributed by atoms with E-state index in [1.54, 1.807) is 0 Å². The first-order valence-electron chi connectivity index (χ1n) is 4.82. The normalized spacial score (nSPS) is 21.5. The first-order valence-corrected chi connectivity index (χ1v) is 4.82. The molecule has 0 radical (unpaired) electrons. The van der Waals surface area contributed by atoms with Crippen LogP contribution in [0.3, 0.4) is 0 Å². The van der Waals surface area contributed by atoms with Crippen LogP contribution in [-0.2, 0) is 14.3 Å². The fraction of sp³-hybridized carbons (Fsp3) is 0.778. The predicted octanol–water partition coefficient (Wildman–Crippen LogP) is -0.582. The van der Waals surface area contributed by atoms with Gasteiger partial charge in [0.2, 0.25) is 5.91 Å². The average Bonchev–Trinajstić information content (AvgIpc) is 2.20. The molecule has 1 rings (SSSR count). The largest absolute Gasteiger partial charge is 0.469 e. The van der Waals surface area contributed by atoms with Crippen molar-refractivity contribution in [3.05, 3.63) is 0 Å². The van der Waals surface area contributed by atoms with E-state index >= 15 is 0 Å². The lowest BCUT2D eigenvalue weighted by Gasteiger charge is -2.23. The monoisotopic (exact) mass is 200 g/mol. The number of ether oxygens (including phenoxy) is 1. The summed E-state index contributed by atoms with van der Waals surface area (Å²) in [4.78, 5) is 22.0. The highest BCUT2D eigenvalue weighted by Gasteiger charge is 2.20. The van der Waals surface area contributed by atoms with Crippen LogP contribution in [0.25, 0.3) is 0 Å². The van der Waals surface area contributed by atoms with E-state index < -0.39 is 0 Å². The van der Waals surface area contributed by atoms with Crippen LogP contribution in [0.1, 0.15) is 19.3 Å². The van der Waals surface area contributed by atoms with Crippen molar-refractivity contribution in [3.8, 4) is 0 Å². The lowest BCUT2D eigenvalue weighted by molar-refractivity contribution is -0.141. The molecule has 1 aliphatic rings. The van der Waals surface area contributed by atoms with Crippen LogP contribution in [0.2, 0.25) is 0 Å². The lowest BCUT2D eigenvalue weighted by Crippen LogP contribution is -2.52. The third-order valence-electron chi connectivity index (χ3n) is 2.23. The number of hydrogen-bond acceptors (Lipinski definition) is 4. The van der Waals surface area contributed by atoms with Gasteiger partial charge in [0.15, 0.2) is 0 Å².